The monoisotopic (exact) mass is 332 g/mol. The van der Waals surface area contributed by atoms with Gasteiger partial charge in [-0.05, 0) is 36.2 Å². The van der Waals surface area contributed by atoms with E-state index in [0.717, 1.165) is 22.3 Å². The molecule has 112 valence electrons. The minimum atomic E-state index is -0.362. The second-order valence-electron chi connectivity index (χ2n) is 4.59. The van der Waals surface area contributed by atoms with Crippen LogP contribution in [0.4, 0.5) is 0 Å². The first kappa shape index (κ1) is 14.9. The fourth-order valence-electron chi connectivity index (χ4n) is 2.40. The number of halogens is 1. The van der Waals surface area contributed by atoms with Crippen LogP contribution in [0.1, 0.15) is 10.4 Å². The van der Waals surface area contributed by atoms with Crippen LogP contribution in [0.15, 0.2) is 42.5 Å². The van der Waals surface area contributed by atoms with E-state index in [2.05, 4.69) is 4.98 Å². The minimum Gasteiger partial charge on any atom is -0.465 e. The van der Waals surface area contributed by atoms with E-state index in [1.807, 2.05) is 40.6 Å². The summed E-state index contributed by atoms with van der Waals surface area (Å²) in [5.41, 5.74) is 2.99. The Kier molecular flexibility index (Phi) is 4.09. The second kappa shape index (κ2) is 6.02. The zero-order valence-electron chi connectivity index (χ0n) is 12.0. The predicted molar refractivity (Wildman–Crippen MR) is 90.4 cm³/mol. The highest BCUT2D eigenvalue weighted by Gasteiger charge is 2.18. The zero-order chi connectivity index (χ0) is 15.7. The molecule has 0 atom stereocenters. The highest BCUT2D eigenvalue weighted by atomic mass is 35.5. The Morgan fingerprint density at radius 1 is 1.27 bits per heavy atom. The maximum atomic E-state index is 12.0. The molecule has 3 rings (SSSR count). The average Bonchev–Trinajstić information content (AvgIpc) is 2.91. The van der Waals surface area contributed by atoms with E-state index in [4.69, 9.17) is 16.3 Å². The number of hydrogen-bond donors (Lipinski definition) is 0. The van der Waals surface area contributed by atoms with Crippen molar-refractivity contribution in [1.29, 1.82) is 0 Å². The number of rotatable bonds is 3. The maximum absolute atomic E-state index is 12.0. The Bertz CT molecular complexity index is 860. The molecule has 0 spiro atoms. The van der Waals surface area contributed by atoms with E-state index in [9.17, 15) is 4.79 Å². The molecular formula is C16H13ClN2O2S. The fraction of sp³-hybridized carbons (Fsp3) is 0.125. The van der Waals surface area contributed by atoms with Gasteiger partial charge in [-0.15, -0.1) is 0 Å². The lowest BCUT2D eigenvalue weighted by molar-refractivity contribution is 0.0601. The Morgan fingerprint density at radius 3 is 2.77 bits per heavy atom. The maximum Gasteiger partial charge on any atom is 0.338 e. The van der Waals surface area contributed by atoms with Crippen molar-refractivity contribution < 1.29 is 9.53 Å². The molecule has 22 heavy (non-hydrogen) atoms. The summed E-state index contributed by atoms with van der Waals surface area (Å²) in [6.45, 7) is 0. The van der Waals surface area contributed by atoms with Crippen LogP contribution in [0.5, 0.6) is 0 Å². The van der Waals surface area contributed by atoms with E-state index >= 15 is 0 Å². The van der Waals surface area contributed by atoms with E-state index in [-0.39, 0.29) is 5.97 Å². The normalized spacial score (nSPS) is 10.9. The number of aromatic nitrogens is 2. The van der Waals surface area contributed by atoms with Gasteiger partial charge in [0.15, 0.2) is 5.65 Å². The molecule has 0 N–H and O–H groups in total. The highest BCUT2D eigenvalue weighted by Crippen LogP contribution is 2.33. The number of esters is 1. The molecule has 6 heteroatoms. The number of ether oxygens (including phenoxy) is 1. The van der Waals surface area contributed by atoms with Crippen LogP contribution < -0.4 is 0 Å². The number of nitrogens with zero attached hydrogens (tertiary/aromatic N) is 2. The number of pyridine rings is 1. The molecule has 0 radical (unpaired) electrons. The van der Waals surface area contributed by atoms with Crippen LogP contribution in [-0.2, 0) is 4.74 Å². The summed E-state index contributed by atoms with van der Waals surface area (Å²) < 4.78 is 6.83. The van der Waals surface area contributed by atoms with E-state index < -0.39 is 0 Å². The van der Waals surface area contributed by atoms with Crippen LogP contribution in [0.2, 0.25) is 5.15 Å². The van der Waals surface area contributed by atoms with Crippen molar-refractivity contribution in [3.8, 4) is 11.3 Å². The summed E-state index contributed by atoms with van der Waals surface area (Å²) >= 11 is 7.51. The van der Waals surface area contributed by atoms with Crippen LogP contribution >= 0.6 is 23.5 Å². The number of carbonyl (C=O) groups excluding carboxylic acids is 1. The second-order valence-corrected chi connectivity index (χ2v) is 5.71. The van der Waals surface area contributed by atoms with Gasteiger partial charge in [-0.2, -0.15) is 0 Å². The van der Waals surface area contributed by atoms with Crippen molar-refractivity contribution in [3.05, 3.63) is 53.2 Å². The van der Waals surface area contributed by atoms with Gasteiger partial charge in [0.1, 0.15) is 5.15 Å². The number of carbonyl (C=O) groups is 1. The van der Waals surface area contributed by atoms with Gasteiger partial charge in [-0.3, -0.25) is 3.97 Å². The molecule has 0 saturated heterocycles. The SMILES string of the molecule is COC(=O)c1ccccc1-c1cc2ccc(Cl)nc2n1SC. The lowest BCUT2D eigenvalue weighted by Crippen LogP contribution is -2.04. The smallest absolute Gasteiger partial charge is 0.338 e. The summed E-state index contributed by atoms with van der Waals surface area (Å²) in [5, 5.41) is 1.40. The third kappa shape index (κ3) is 2.46. The first-order chi connectivity index (χ1) is 10.7. The van der Waals surface area contributed by atoms with Gasteiger partial charge in [0, 0.05) is 17.2 Å². The molecule has 0 aliphatic rings. The lowest BCUT2D eigenvalue weighted by atomic mass is 10.0. The standard InChI is InChI=1S/C16H13ClN2O2S/c1-21-16(20)12-6-4-3-5-11(12)13-9-10-7-8-14(17)18-15(10)19(13)22-2/h3-9H,1-2H3. The van der Waals surface area contributed by atoms with Crippen molar-refractivity contribution in [2.24, 2.45) is 0 Å². The van der Waals surface area contributed by atoms with E-state index in [1.54, 1.807) is 12.1 Å². The van der Waals surface area contributed by atoms with Crippen LogP contribution in [0, 0.1) is 0 Å². The quantitative estimate of drug-likeness (QED) is 0.530. The molecule has 0 aliphatic heterocycles. The predicted octanol–water partition coefficient (Wildman–Crippen LogP) is 4.27. The van der Waals surface area contributed by atoms with Crippen molar-refractivity contribution in [3.63, 3.8) is 0 Å². The number of benzene rings is 1. The summed E-state index contributed by atoms with van der Waals surface area (Å²) in [6, 6.07) is 13.0. The Balaban J connectivity index is 2.29. The molecule has 0 amide bonds. The first-order valence-corrected chi connectivity index (χ1v) is 8.12. The minimum absolute atomic E-state index is 0.362. The topological polar surface area (TPSA) is 44.1 Å². The average molecular weight is 333 g/mol. The zero-order valence-corrected chi connectivity index (χ0v) is 13.6. The molecule has 2 heterocycles. The van der Waals surface area contributed by atoms with Gasteiger partial charge in [0.25, 0.3) is 0 Å². The molecule has 0 bridgehead atoms. The molecule has 0 aliphatic carbocycles. The van der Waals surface area contributed by atoms with Gasteiger partial charge in [0.05, 0.1) is 18.4 Å². The Morgan fingerprint density at radius 2 is 2.05 bits per heavy atom. The van der Waals surface area contributed by atoms with Crippen molar-refractivity contribution in [2.75, 3.05) is 13.4 Å². The number of hydrogen-bond acceptors (Lipinski definition) is 4. The van der Waals surface area contributed by atoms with Gasteiger partial charge >= 0.3 is 5.97 Å². The largest absolute Gasteiger partial charge is 0.465 e. The summed E-state index contributed by atoms with van der Waals surface area (Å²) in [7, 11) is 1.38. The van der Waals surface area contributed by atoms with Crippen LogP contribution in [0.25, 0.3) is 22.3 Å². The first-order valence-electron chi connectivity index (χ1n) is 6.56. The van der Waals surface area contributed by atoms with Gasteiger partial charge < -0.3 is 4.74 Å². The molecule has 4 nitrogen and oxygen atoms in total. The Labute approximate surface area is 137 Å². The third-order valence-electron chi connectivity index (χ3n) is 3.37. The van der Waals surface area contributed by atoms with Gasteiger partial charge in [-0.25, -0.2) is 9.78 Å². The van der Waals surface area contributed by atoms with E-state index in [1.165, 1.54) is 19.1 Å². The molecule has 0 saturated carbocycles. The summed E-state index contributed by atoms with van der Waals surface area (Å²) in [5.74, 6) is -0.362. The third-order valence-corrected chi connectivity index (χ3v) is 4.31. The van der Waals surface area contributed by atoms with Crippen molar-refractivity contribution in [2.45, 2.75) is 0 Å². The molecule has 3 aromatic rings. The van der Waals surface area contributed by atoms with Crippen molar-refractivity contribution >= 4 is 40.6 Å². The number of methoxy groups -OCH3 is 1. The van der Waals surface area contributed by atoms with Crippen LogP contribution in [0.3, 0.4) is 0 Å². The lowest BCUT2D eigenvalue weighted by Gasteiger charge is -2.10. The molecule has 2 aromatic heterocycles. The summed E-state index contributed by atoms with van der Waals surface area (Å²) in [4.78, 5) is 16.4. The van der Waals surface area contributed by atoms with Crippen LogP contribution in [-0.4, -0.2) is 28.3 Å². The van der Waals surface area contributed by atoms with E-state index in [0.29, 0.717) is 10.7 Å². The van der Waals surface area contributed by atoms with Gasteiger partial charge in [0.2, 0.25) is 0 Å². The molecular weight excluding hydrogens is 320 g/mol. The number of fused-ring (bicyclic) bond motifs is 1. The molecule has 0 fully saturated rings. The summed E-state index contributed by atoms with van der Waals surface area (Å²) in [6.07, 6.45) is 1.95. The Hall–Kier alpha value is -1.98. The molecule has 1 aromatic carbocycles. The highest BCUT2D eigenvalue weighted by molar-refractivity contribution is 7.97. The molecule has 0 unspecified atom stereocenters. The van der Waals surface area contributed by atoms with Gasteiger partial charge in [-0.1, -0.05) is 29.8 Å². The fourth-order valence-corrected chi connectivity index (χ4v) is 3.21. The van der Waals surface area contributed by atoms with Crippen molar-refractivity contribution in [1.82, 2.24) is 8.96 Å².